The van der Waals surface area contributed by atoms with E-state index in [4.69, 9.17) is 9.97 Å². The van der Waals surface area contributed by atoms with Gasteiger partial charge in [-0.3, -0.25) is 9.55 Å². The van der Waals surface area contributed by atoms with Gasteiger partial charge < -0.3 is 5.11 Å². The summed E-state index contributed by atoms with van der Waals surface area (Å²) in [6, 6.07) is 51.7. The zero-order valence-corrected chi connectivity index (χ0v) is 47.6. The van der Waals surface area contributed by atoms with Crippen molar-refractivity contribution in [3.63, 3.8) is 0 Å². The van der Waals surface area contributed by atoms with E-state index in [9.17, 15) is 5.11 Å². The molecule has 0 radical (unpaired) electrons. The van der Waals surface area contributed by atoms with Gasteiger partial charge in [-0.2, -0.15) is 0 Å². The van der Waals surface area contributed by atoms with E-state index in [1.54, 1.807) is 0 Å². The van der Waals surface area contributed by atoms with E-state index in [0.717, 1.165) is 66.6 Å². The number of imidazole rings is 1. The second-order valence-electron chi connectivity index (χ2n) is 27.2. The van der Waals surface area contributed by atoms with Crippen molar-refractivity contribution < 1.29 is 5.11 Å². The van der Waals surface area contributed by atoms with Crippen molar-refractivity contribution in [3.8, 4) is 67.3 Å². The maximum atomic E-state index is 11.9. The van der Waals surface area contributed by atoms with Crippen molar-refractivity contribution in [2.24, 2.45) is 0 Å². The Balaban J connectivity index is 1.34. The van der Waals surface area contributed by atoms with Crippen molar-refractivity contribution in [3.05, 3.63) is 179 Å². The molecule has 0 amide bonds. The lowest BCUT2D eigenvalue weighted by Gasteiger charge is -2.27. The number of rotatable bonds is 6. The fraction of sp³-hybridized carbons (Fsp3) is 0.343. The standard InChI is InChI=1S/C70H79N3O/c1-65(2,3)48-24-22-43(23-25-48)46-37-56(63-60(38-46)73(54-29-26-49(27-30-54)66(4,5)6)64(72-63)59-40-50(67(7,8)9)28-31-61(59)74)44-20-19-21-45(34-44)57-41-53(70(16,17)18)42-58-55(32-33-71-62(57)58)47-35-51(68(10,11)12)39-52(36-47)69(13,14)15/h19-42,74H,1-18H3. The van der Waals surface area contributed by atoms with Gasteiger partial charge in [0.2, 0.25) is 0 Å². The Morgan fingerprint density at radius 1 is 0.351 bits per heavy atom. The fourth-order valence-corrected chi connectivity index (χ4v) is 10.1. The molecule has 1 N–H and O–H groups in total. The van der Waals surface area contributed by atoms with E-state index in [1.807, 2.05) is 18.3 Å². The lowest BCUT2D eigenvalue weighted by molar-refractivity contribution is 0.475. The van der Waals surface area contributed by atoms with Crippen LogP contribution in [0.4, 0.5) is 0 Å². The summed E-state index contributed by atoms with van der Waals surface area (Å²) in [6.07, 6.45) is 1.99. The maximum absolute atomic E-state index is 11.9. The maximum Gasteiger partial charge on any atom is 0.149 e. The average molecular weight is 978 g/mol. The SMILES string of the molecule is CC(C)(C)c1ccc(-c2cc(-c3cccc(-c4cc(C(C)(C)C)cc5c(-c6cc(C(C)(C)C)cc(C(C)(C)C)c6)ccnc45)c3)c3nc(-c4cc(C(C)(C)C)ccc4O)n(-c4ccc(C(C)(C)C)cc4)c3c2)cc1. The van der Waals surface area contributed by atoms with Crippen molar-refractivity contribution >= 4 is 21.9 Å². The van der Waals surface area contributed by atoms with E-state index in [1.165, 1.54) is 38.9 Å². The summed E-state index contributed by atoms with van der Waals surface area (Å²) in [6.45, 7) is 40.9. The molecule has 4 nitrogen and oxygen atoms in total. The molecular formula is C70H79N3O. The lowest BCUT2D eigenvalue weighted by atomic mass is 9.78. The van der Waals surface area contributed by atoms with Gasteiger partial charge in [0, 0.05) is 28.4 Å². The minimum absolute atomic E-state index is 0.0142. The van der Waals surface area contributed by atoms with E-state index < -0.39 is 0 Å². The van der Waals surface area contributed by atoms with Gasteiger partial charge in [-0.1, -0.05) is 203 Å². The Bertz CT molecular complexity index is 3550. The molecule has 7 aromatic carbocycles. The van der Waals surface area contributed by atoms with Crippen molar-refractivity contribution in [2.75, 3.05) is 0 Å². The Labute approximate surface area is 443 Å². The normalized spacial score (nSPS) is 13.1. The molecule has 0 spiro atoms. The summed E-state index contributed by atoms with van der Waals surface area (Å²) in [5, 5.41) is 13.0. The molecule has 9 rings (SSSR count). The van der Waals surface area contributed by atoms with Crippen LogP contribution in [0.1, 0.15) is 158 Å². The van der Waals surface area contributed by atoms with Crippen molar-refractivity contribution in [1.29, 1.82) is 0 Å². The molecule has 0 atom stereocenters. The van der Waals surface area contributed by atoms with Crippen LogP contribution in [0.3, 0.4) is 0 Å². The zero-order valence-electron chi connectivity index (χ0n) is 47.6. The third-order valence-electron chi connectivity index (χ3n) is 15.1. The van der Waals surface area contributed by atoms with Crippen LogP contribution in [-0.2, 0) is 32.5 Å². The van der Waals surface area contributed by atoms with Gasteiger partial charge in [-0.15, -0.1) is 0 Å². The topological polar surface area (TPSA) is 50.9 Å². The second-order valence-corrected chi connectivity index (χ2v) is 27.2. The van der Waals surface area contributed by atoms with Crippen LogP contribution in [-0.4, -0.2) is 19.6 Å². The predicted molar refractivity (Wildman–Crippen MR) is 317 cm³/mol. The van der Waals surface area contributed by atoms with Gasteiger partial charge in [0.05, 0.1) is 22.1 Å². The monoisotopic (exact) mass is 978 g/mol. The summed E-state index contributed by atoms with van der Waals surface area (Å²) in [5.41, 5.74) is 20.5. The highest BCUT2D eigenvalue weighted by Gasteiger charge is 2.27. The number of hydrogen-bond acceptors (Lipinski definition) is 3. The fourth-order valence-electron chi connectivity index (χ4n) is 10.1. The van der Waals surface area contributed by atoms with Gasteiger partial charge in [-0.05, 0) is 160 Å². The Morgan fingerprint density at radius 2 is 0.838 bits per heavy atom. The summed E-state index contributed by atoms with van der Waals surface area (Å²) >= 11 is 0. The van der Waals surface area contributed by atoms with Crippen LogP contribution in [0.2, 0.25) is 0 Å². The molecule has 0 saturated carbocycles. The molecule has 9 aromatic rings. The van der Waals surface area contributed by atoms with Gasteiger partial charge in [0.15, 0.2) is 0 Å². The smallest absolute Gasteiger partial charge is 0.149 e. The Hall–Kier alpha value is -6.78. The molecular weight excluding hydrogens is 899 g/mol. The molecule has 74 heavy (non-hydrogen) atoms. The first-order valence-corrected chi connectivity index (χ1v) is 26.7. The third kappa shape index (κ3) is 10.2. The highest BCUT2D eigenvalue weighted by molar-refractivity contribution is 6.04. The number of phenolic OH excluding ortho intramolecular Hbond substituents is 1. The van der Waals surface area contributed by atoms with Crippen LogP contribution in [0.25, 0.3) is 83.5 Å². The van der Waals surface area contributed by atoms with E-state index in [2.05, 4.69) is 257 Å². The summed E-state index contributed by atoms with van der Waals surface area (Å²) in [5.74, 6) is 0.884. The molecule has 0 fully saturated rings. The van der Waals surface area contributed by atoms with Crippen LogP contribution < -0.4 is 0 Å². The lowest BCUT2D eigenvalue weighted by Crippen LogP contribution is -2.16. The first-order chi connectivity index (χ1) is 34.4. The number of nitrogens with zero attached hydrogens (tertiary/aromatic N) is 3. The third-order valence-corrected chi connectivity index (χ3v) is 15.1. The number of fused-ring (bicyclic) bond motifs is 2. The Morgan fingerprint density at radius 3 is 1.38 bits per heavy atom. The number of benzene rings is 7. The quantitative estimate of drug-likeness (QED) is 0.181. The molecule has 0 unspecified atom stereocenters. The Kier molecular flexibility index (Phi) is 12.9. The molecule has 0 aliphatic rings. The molecule has 0 bridgehead atoms. The first-order valence-electron chi connectivity index (χ1n) is 26.7. The van der Waals surface area contributed by atoms with E-state index >= 15 is 0 Å². The molecule has 380 valence electrons. The van der Waals surface area contributed by atoms with Crippen LogP contribution >= 0.6 is 0 Å². The van der Waals surface area contributed by atoms with Gasteiger partial charge >= 0.3 is 0 Å². The highest BCUT2D eigenvalue weighted by atomic mass is 16.3. The number of phenols is 1. The van der Waals surface area contributed by atoms with Gasteiger partial charge in [0.1, 0.15) is 11.6 Å². The minimum atomic E-state index is -0.151. The highest BCUT2D eigenvalue weighted by Crippen LogP contribution is 2.45. The number of aromatic nitrogens is 3. The average Bonchev–Trinajstić information content (AvgIpc) is 3.71. The largest absolute Gasteiger partial charge is 0.507 e. The summed E-state index contributed by atoms with van der Waals surface area (Å²) < 4.78 is 2.26. The number of pyridine rings is 1. The predicted octanol–water partition coefficient (Wildman–Crippen LogP) is 19.4. The second kappa shape index (κ2) is 18.3. The van der Waals surface area contributed by atoms with Crippen LogP contribution in [0, 0.1) is 0 Å². The van der Waals surface area contributed by atoms with Gasteiger partial charge in [0.25, 0.3) is 0 Å². The minimum Gasteiger partial charge on any atom is -0.507 e. The first kappa shape index (κ1) is 52.1. The molecule has 4 heteroatoms. The van der Waals surface area contributed by atoms with E-state index in [0.29, 0.717) is 11.4 Å². The number of hydrogen-bond donors (Lipinski definition) is 1. The zero-order chi connectivity index (χ0) is 53.7. The van der Waals surface area contributed by atoms with Crippen molar-refractivity contribution in [1.82, 2.24) is 14.5 Å². The summed E-state index contributed by atoms with van der Waals surface area (Å²) in [7, 11) is 0. The van der Waals surface area contributed by atoms with Gasteiger partial charge in [-0.25, -0.2) is 4.98 Å². The molecule has 0 aliphatic carbocycles. The molecule has 0 saturated heterocycles. The van der Waals surface area contributed by atoms with Crippen LogP contribution in [0.5, 0.6) is 5.75 Å². The van der Waals surface area contributed by atoms with Crippen molar-refractivity contribution in [2.45, 2.75) is 157 Å². The molecule has 2 heterocycles. The van der Waals surface area contributed by atoms with Crippen LogP contribution in [0.15, 0.2) is 146 Å². The molecule has 0 aliphatic heterocycles. The molecule has 2 aromatic heterocycles. The number of aromatic hydroxyl groups is 1. The summed E-state index contributed by atoms with van der Waals surface area (Å²) in [4.78, 5) is 10.9. The van der Waals surface area contributed by atoms with E-state index in [-0.39, 0.29) is 38.2 Å².